The molecule has 2 N–H and O–H groups in total. The van der Waals surface area contributed by atoms with Crippen LogP contribution in [-0.2, 0) is 11.3 Å². The lowest BCUT2D eigenvalue weighted by atomic mass is 9.98. The summed E-state index contributed by atoms with van der Waals surface area (Å²) in [5.74, 6) is 0. The molecule has 1 aromatic carbocycles. The monoisotopic (exact) mass is 332 g/mol. The molecule has 2 amide bonds. The van der Waals surface area contributed by atoms with E-state index in [9.17, 15) is 9.90 Å². The molecule has 1 heterocycles. The highest BCUT2D eigenvalue weighted by Crippen LogP contribution is 2.22. The third-order valence-corrected chi connectivity index (χ3v) is 4.90. The van der Waals surface area contributed by atoms with E-state index < -0.39 is 6.10 Å². The molecule has 1 aliphatic heterocycles. The maximum absolute atomic E-state index is 12.3. The average molecular weight is 332 g/mol. The molecule has 0 bridgehead atoms. The minimum Gasteiger partial charge on any atom is -0.391 e. The van der Waals surface area contributed by atoms with Crippen molar-refractivity contribution >= 4 is 11.7 Å². The number of carbonyl (C=O) groups excluding carboxylic acids is 1. The van der Waals surface area contributed by atoms with Crippen molar-refractivity contribution in [2.24, 2.45) is 0 Å². The maximum atomic E-state index is 12.3. The summed E-state index contributed by atoms with van der Waals surface area (Å²) >= 11 is 0. The van der Waals surface area contributed by atoms with Crippen LogP contribution in [0.2, 0.25) is 0 Å². The smallest absolute Gasteiger partial charge is 0.321 e. The highest BCUT2D eigenvalue weighted by atomic mass is 16.5. The van der Waals surface area contributed by atoms with Crippen molar-refractivity contribution in [2.75, 3.05) is 18.4 Å². The van der Waals surface area contributed by atoms with Crippen LogP contribution >= 0.6 is 0 Å². The molecule has 3 rings (SSSR count). The third kappa shape index (κ3) is 4.95. The third-order valence-electron chi connectivity index (χ3n) is 4.90. The number of aliphatic hydroxyl groups is 1. The first-order valence-electron chi connectivity index (χ1n) is 9.15. The van der Waals surface area contributed by atoms with Crippen molar-refractivity contribution in [1.29, 1.82) is 0 Å². The first-order chi connectivity index (χ1) is 11.7. The summed E-state index contributed by atoms with van der Waals surface area (Å²) in [5.41, 5.74) is 1.86. The van der Waals surface area contributed by atoms with Crippen LogP contribution in [0.15, 0.2) is 24.3 Å². The van der Waals surface area contributed by atoms with Gasteiger partial charge >= 0.3 is 6.03 Å². The molecule has 24 heavy (non-hydrogen) atoms. The fraction of sp³-hybridized carbons (Fsp3) is 0.632. The van der Waals surface area contributed by atoms with E-state index in [4.69, 9.17) is 4.74 Å². The highest BCUT2D eigenvalue weighted by Gasteiger charge is 2.22. The van der Waals surface area contributed by atoms with Crippen LogP contribution in [-0.4, -0.2) is 41.3 Å². The van der Waals surface area contributed by atoms with E-state index in [2.05, 4.69) is 5.32 Å². The molecular weight excluding hydrogens is 304 g/mol. The number of nitrogens with zero attached hydrogens (tertiary/aromatic N) is 1. The Balaban J connectivity index is 1.51. The van der Waals surface area contributed by atoms with Crippen LogP contribution in [0, 0.1) is 0 Å². The van der Waals surface area contributed by atoms with Crippen LogP contribution in [0.1, 0.15) is 50.5 Å². The zero-order valence-corrected chi connectivity index (χ0v) is 14.2. The van der Waals surface area contributed by atoms with Gasteiger partial charge in [0.25, 0.3) is 0 Å². The SMILES string of the molecule is O=C(Nc1cccc(COC2CCCCC2)c1)N1CCC[C@H](O)C1. The number of carbonyl (C=O) groups is 1. The van der Waals surface area contributed by atoms with Gasteiger partial charge in [-0.1, -0.05) is 31.4 Å². The van der Waals surface area contributed by atoms with Gasteiger partial charge in [-0.25, -0.2) is 4.79 Å². The fourth-order valence-electron chi connectivity index (χ4n) is 3.53. The quantitative estimate of drug-likeness (QED) is 0.887. The first-order valence-corrected chi connectivity index (χ1v) is 9.15. The molecule has 1 saturated carbocycles. The second-order valence-corrected chi connectivity index (χ2v) is 6.94. The van der Waals surface area contributed by atoms with Gasteiger partial charge in [0.15, 0.2) is 0 Å². The van der Waals surface area contributed by atoms with Crippen molar-refractivity contribution in [3.8, 4) is 0 Å². The summed E-state index contributed by atoms with van der Waals surface area (Å²) in [6, 6.07) is 7.70. The van der Waals surface area contributed by atoms with Crippen LogP contribution in [0.5, 0.6) is 0 Å². The van der Waals surface area contributed by atoms with Gasteiger partial charge in [-0.3, -0.25) is 0 Å². The van der Waals surface area contributed by atoms with Crippen molar-refractivity contribution < 1.29 is 14.6 Å². The number of ether oxygens (including phenoxy) is 1. The van der Waals surface area contributed by atoms with Crippen molar-refractivity contribution in [3.05, 3.63) is 29.8 Å². The van der Waals surface area contributed by atoms with E-state index in [1.54, 1.807) is 4.90 Å². The minimum absolute atomic E-state index is 0.140. The number of hydrogen-bond acceptors (Lipinski definition) is 3. The van der Waals surface area contributed by atoms with Gasteiger partial charge in [0.05, 0.1) is 18.8 Å². The molecular formula is C19H28N2O3. The Hall–Kier alpha value is -1.59. The predicted molar refractivity (Wildman–Crippen MR) is 93.9 cm³/mol. The standard InChI is InChI=1S/C19H28N2O3/c22-17-8-5-11-21(13-17)19(23)20-16-7-4-6-15(12-16)14-24-18-9-2-1-3-10-18/h4,6-7,12,17-18,22H,1-3,5,8-11,13-14H2,(H,20,23)/t17-/m0/s1. The zero-order valence-electron chi connectivity index (χ0n) is 14.2. The molecule has 5 nitrogen and oxygen atoms in total. The van der Waals surface area contributed by atoms with Crippen molar-refractivity contribution in [3.63, 3.8) is 0 Å². The number of benzene rings is 1. The normalized spacial score (nSPS) is 22.4. The van der Waals surface area contributed by atoms with Gasteiger partial charge in [0.2, 0.25) is 0 Å². The van der Waals surface area contributed by atoms with Crippen LogP contribution in [0.25, 0.3) is 0 Å². The number of β-amino-alcohol motifs (C(OH)–C–C–N with tert-alkyl or cyclic N) is 1. The predicted octanol–water partition coefficient (Wildman–Crippen LogP) is 3.52. The van der Waals surface area contributed by atoms with Gasteiger partial charge in [0, 0.05) is 18.8 Å². The topological polar surface area (TPSA) is 61.8 Å². The van der Waals surface area contributed by atoms with Gasteiger partial charge in [-0.2, -0.15) is 0 Å². The highest BCUT2D eigenvalue weighted by molar-refractivity contribution is 5.89. The first kappa shape index (κ1) is 17.2. The molecule has 0 radical (unpaired) electrons. The number of amides is 2. The Morgan fingerprint density at radius 2 is 2.04 bits per heavy atom. The number of nitrogens with one attached hydrogen (secondary N) is 1. The van der Waals surface area contributed by atoms with E-state index in [0.29, 0.717) is 25.8 Å². The number of anilines is 1. The molecule has 1 atom stereocenters. The second-order valence-electron chi connectivity index (χ2n) is 6.94. The summed E-state index contributed by atoms with van der Waals surface area (Å²) < 4.78 is 6.00. The summed E-state index contributed by atoms with van der Waals surface area (Å²) in [6.07, 6.45) is 7.78. The lowest BCUT2D eigenvalue weighted by molar-refractivity contribution is 0.0169. The molecule has 5 heteroatoms. The lowest BCUT2D eigenvalue weighted by Crippen LogP contribution is -2.44. The van der Waals surface area contributed by atoms with Gasteiger partial charge in [-0.05, 0) is 43.4 Å². The summed E-state index contributed by atoms with van der Waals surface area (Å²) in [6.45, 7) is 1.71. The Kier molecular flexibility index (Phi) is 6.10. The average Bonchev–Trinajstić information content (AvgIpc) is 2.61. The van der Waals surface area contributed by atoms with Crippen LogP contribution in [0.4, 0.5) is 10.5 Å². The molecule has 1 aliphatic carbocycles. The number of aliphatic hydroxyl groups excluding tert-OH is 1. The number of likely N-dealkylation sites (tertiary alicyclic amines) is 1. The summed E-state index contributed by atoms with van der Waals surface area (Å²) in [5, 5.41) is 12.6. The summed E-state index contributed by atoms with van der Waals surface area (Å²) in [7, 11) is 0. The molecule has 2 aliphatic rings. The van der Waals surface area contributed by atoms with E-state index in [1.165, 1.54) is 19.3 Å². The maximum Gasteiger partial charge on any atom is 0.321 e. The largest absolute Gasteiger partial charge is 0.391 e. The number of piperidine rings is 1. The molecule has 0 spiro atoms. The fourth-order valence-corrected chi connectivity index (χ4v) is 3.53. The molecule has 1 saturated heterocycles. The Morgan fingerprint density at radius 3 is 2.83 bits per heavy atom. The summed E-state index contributed by atoms with van der Waals surface area (Å²) in [4.78, 5) is 14.0. The van der Waals surface area contributed by atoms with Gasteiger partial charge in [0.1, 0.15) is 0 Å². The van der Waals surface area contributed by atoms with Crippen LogP contribution in [0.3, 0.4) is 0 Å². The Bertz CT molecular complexity index is 543. The van der Waals surface area contributed by atoms with Gasteiger partial charge in [-0.15, -0.1) is 0 Å². The Morgan fingerprint density at radius 1 is 1.21 bits per heavy atom. The lowest BCUT2D eigenvalue weighted by Gasteiger charge is -2.30. The second kappa shape index (κ2) is 8.49. The van der Waals surface area contributed by atoms with Gasteiger partial charge < -0.3 is 20.1 Å². The zero-order chi connectivity index (χ0) is 16.8. The number of hydrogen-bond donors (Lipinski definition) is 2. The molecule has 1 aromatic rings. The number of rotatable bonds is 4. The molecule has 2 fully saturated rings. The molecule has 132 valence electrons. The number of urea groups is 1. The van der Waals surface area contributed by atoms with Crippen molar-refractivity contribution in [2.45, 2.75) is 63.8 Å². The minimum atomic E-state index is -0.403. The van der Waals surface area contributed by atoms with Crippen LogP contribution < -0.4 is 5.32 Å². The Labute approximate surface area is 144 Å². The van der Waals surface area contributed by atoms with E-state index in [1.807, 2.05) is 24.3 Å². The van der Waals surface area contributed by atoms with E-state index >= 15 is 0 Å². The molecule has 0 unspecified atom stereocenters. The van der Waals surface area contributed by atoms with E-state index in [-0.39, 0.29) is 6.03 Å². The molecule has 0 aromatic heterocycles. The van der Waals surface area contributed by atoms with Crippen molar-refractivity contribution in [1.82, 2.24) is 4.90 Å². The van der Waals surface area contributed by atoms with E-state index in [0.717, 1.165) is 36.9 Å².